The monoisotopic (exact) mass is 355 g/mol. The van der Waals surface area contributed by atoms with Gasteiger partial charge in [-0.1, -0.05) is 51.3 Å². The Kier molecular flexibility index (Phi) is 5.19. The zero-order chi connectivity index (χ0) is 14.7. The Morgan fingerprint density at radius 3 is 2.70 bits per heavy atom. The van der Waals surface area contributed by atoms with Crippen LogP contribution in [0, 0.1) is 12.7 Å². The van der Waals surface area contributed by atoms with Crippen molar-refractivity contribution in [3.8, 4) is 0 Å². The van der Waals surface area contributed by atoms with Gasteiger partial charge in [-0.15, -0.1) is 0 Å². The molecule has 0 aliphatic rings. The van der Waals surface area contributed by atoms with Crippen LogP contribution in [-0.4, -0.2) is 7.05 Å². The first-order chi connectivity index (χ1) is 9.52. The lowest BCUT2D eigenvalue weighted by Gasteiger charge is -2.20. The molecule has 0 spiro atoms. The Morgan fingerprint density at radius 1 is 1.30 bits per heavy atom. The Morgan fingerprint density at radius 2 is 2.05 bits per heavy atom. The summed E-state index contributed by atoms with van der Waals surface area (Å²) in [5, 5.41) is 3.70. The van der Waals surface area contributed by atoms with Crippen LogP contribution in [0.5, 0.6) is 0 Å². The predicted molar refractivity (Wildman–Crippen MR) is 85.8 cm³/mol. The molecule has 2 rings (SSSR count). The number of likely N-dealkylation sites (N-methyl/N-ethyl adjacent to an activating group) is 1. The summed E-state index contributed by atoms with van der Waals surface area (Å²) in [5.41, 5.74) is 2.82. The van der Waals surface area contributed by atoms with Crippen LogP contribution in [0.2, 0.25) is 5.02 Å². The molecule has 0 heterocycles. The minimum atomic E-state index is -0.262. The van der Waals surface area contributed by atoms with E-state index in [2.05, 4.69) is 27.3 Å². The molecule has 2 aromatic rings. The van der Waals surface area contributed by atoms with Gasteiger partial charge in [-0.05, 0) is 44.2 Å². The Bertz CT molecular complexity index is 595. The zero-order valence-electron chi connectivity index (χ0n) is 11.4. The highest BCUT2D eigenvalue weighted by atomic mass is 79.9. The van der Waals surface area contributed by atoms with Gasteiger partial charge in [0.15, 0.2) is 0 Å². The first-order valence-corrected chi connectivity index (χ1v) is 7.56. The fourth-order valence-electron chi connectivity index (χ4n) is 2.23. The molecule has 0 aliphatic carbocycles. The molecule has 4 heteroatoms. The van der Waals surface area contributed by atoms with Crippen LogP contribution in [0.25, 0.3) is 0 Å². The van der Waals surface area contributed by atoms with Crippen LogP contribution >= 0.6 is 27.5 Å². The number of rotatable bonds is 4. The first kappa shape index (κ1) is 15.5. The number of nitrogens with one attached hydrogen (secondary N) is 1. The van der Waals surface area contributed by atoms with E-state index in [0.717, 1.165) is 10.0 Å². The van der Waals surface area contributed by atoms with Crippen LogP contribution < -0.4 is 5.32 Å². The molecule has 0 radical (unpaired) electrons. The number of hydrogen-bond acceptors (Lipinski definition) is 1. The summed E-state index contributed by atoms with van der Waals surface area (Å²) in [6.45, 7) is 2.04. The van der Waals surface area contributed by atoms with Gasteiger partial charge in [0.2, 0.25) is 0 Å². The highest BCUT2D eigenvalue weighted by molar-refractivity contribution is 9.10. The lowest BCUT2D eigenvalue weighted by atomic mass is 9.97. The molecule has 20 heavy (non-hydrogen) atoms. The molecule has 0 bridgehead atoms. The number of benzene rings is 2. The van der Waals surface area contributed by atoms with Gasteiger partial charge >= 0.3 is 0 Å². The Hall–Kier alpha value is -0.900. The molecule has 0 amide bonds. The van der Waals surface area contributed by atoms with Gasteiger partial charge in [0.25, 0.3) is 0 Å². The molecular weight excluding hydrogens is 341 g/mol. The average Bonchev–Trinajstić information content (AvgIpc) is 2.42. The number of halogens is 3. The second kappa shape index (κ2) is 6.70. The normalized spacial score (nSPS) is 12.4. The molecule has 1 nitrogen and oxygen atoms in total. The van der Waals surface area contributed by atoms with Gasteiger partial charge < -0.3 is 5.32 Å². The van der Waals surface area contributed by atoms with Gasteiger partial charge in [-0.3, -0.25) is 0 Å². The van der Waals surface area contributed by atoms with Crippen molar-refractivity contribution in [2.75, 3.05) is 7.05 Å². The van der Waals surface area contributed by atoms with E-state index in [-0.39, 0.29) is 11.9 Å². The van der Waals surface area contributed by atoms with Crippen LogP contribution in [0.4, 0.5) is 4.39 Å². The highest BCUT2D eigenvalue weighted by Crippen LogP contribution is 2.30. The van der Waals surface area contributed by atoms with Crippen LogP contribution in [0.15, 0.2) is 40.9 Å². The summed E-state index contributed by atoms with van der Waals surface area (Å²) >= 11 is 9.67. The maximum Gasteiger partial charge on any atom is 0.127 e. The number of aryl methyl sites for hydroxylation is 1. The lowest BCUT2D eigenvalue weighted by Crippen LogP contribution is -2.20. The van der Waals surface area contributed by atoms with Crippen molar-refractivity contribution < 1.29 is 4.39 Å². The molecule has 0 aromatic heterocycles. The van der Waals surface area contributed by atoms with Gasteiger partial charge in [-0.25, -0.2) is 4.39 Å². The summed E-state index contributed by atoms with van der Waals surface area (Å²) in [4.78, 5) is 0. The minimum absolute atomic E-state index is 0.00123. The lowest BCUT2D eigenvalue weighted by molar-refractivity contribution is 0.553. The minimum Gasteiger partial charge on any atom is -0.313 e. The molecular formula is C16H16BrClFN. The molecule has 0 fully saturated rings. The standard InChI is InChI=1S/C16H16BrClFN/c1-10-6-7-13(17)11(8-10)16(20-2)9-12-14(18)4-3-5-15(12)19/h3-8,16,20H,9H2,1-2H3. The third-order valence-electron chi connectivity index (χ3n) is 3.35. The van der Waals surface area contributed by atoms with Crippen molar-refractivity contribution in [3.63, 3.8) is 0 Å². The molecule has 1 atom stereocenters. The van der Waals surface area contributed by atoms with E-state index in [1.807, 2.05) is 26.1 Å². The van der Waals surface area contributed by atoms with E-state index < -0.39 is 0 Å². The van der Waals surface area contributed by atoms with Crippen molar-refractivity contribution in [3.05, 3.63) is 68.4 Å². The highest BCUT2D eigenvalue weighted by Gasteiger charge is 2.17. The van der Waals surface area contributed by atoms with Crippen molar-refractivity contribution in [1.82, 2.24) is 5.32 Å². The van der Waals surface area contributed by atoms with Gasteiger partial charge in [0.05, 0.1) is 0 Å². The van der Waals surface area contributed by atoms with E-state index in [1.54, 1.807) is 12.1 Å². The van der Waals surface area contributed by atoms with Crippen molar-refractivity contribution >= 4 is 27.5 Å². The van der Waals surface area contributed by atoms with E-state index in [0.29, 0.717) is 17.0 Å². The van der Waals surface area contributed by atoms with Gasteiger partial charge in [0.1, 0.15) is 5.82 Å². The van der Waals surface area contributed by atoms with Gasteiger partial charge in [0, 0.05) is 21.1 Å². The third-order valence-corrected chi connectivity index (χ3v) is 4.42. The largest absolute Gasteiger partial charge is 0.313 e. The van der Waals surface area contributed by atoms with Crippen LogP contribution in [0.3, 0.4) is 0 Å². The van der Waals surface area contributed by atoms with Crippen LogP contribution in [-0.2, 0) is 6.42 Å². The second-order valence-corrected chi connectivity index (χ2v) is 6.03. The molecule has 0 aliphatic heterocycles. The number of hydrogen-bond donors (Lipinski definition) is 1. The van der Waals surface area contributed by atoms with E-state index in [4.69, 9.17) is 11.6 Å². The summed E-state index contributed by atoms with van der Waals surface area (Å²) in [5.74, 6) is -0.262. The molecule has 0 saturated carbocycles. The summed E-state index contributed by atoms with van der Waals surface area (Å²) < 4.78 is 14.9. The first-order valence-electron chi connectivity index (χ1n) is 6.39. The Balaban J connectivity index is 2.36. The summed E-state index contributed by atoms with van der Waals surface area (Å²) in [6, 6.07) is 10.9. The van der Waals surface area contributed by atoms with E-state index >= 15 is 0 Å². The van der Waals surface area contributed by atoms with Crippen LogP contribution in [0.1, 0.15) is 22.7 Å². The molecule has 2 aromatic carbocycles. The molecule has 0 saturated heterocycles. The topological polar surface area (TPSA) is 12.0 Å². The molecule has 106 valence electrons. The quantitative estimate of drug-likeness (QED) is 0.808. The predicted octanol–water partition coefficient (Wildman–Crippen LogP) is 5.05. The second-order valence-electron chi connectivity index (χ2n) is 4.77. The maximum atomic E-state index is 13.9. The van der Waals surface area contributed by atoms with E-state index in [9.17, 15) is 4.39 Å². The smallest absolute Gasteiger partial charge is 0.127 e. The van der Waals surface area contributed by atoms with Crippen molar-refractivity contribution in [2.45, 2.75) is 19.4 Å². The zero-order valence-corrected chi connectivity index (χ0v) is 13.7. The summed E-state index contributed by atoms with van der Waals surface area (Å²) in [7, 11) is 1.87. The molecule has 1 N–H and O–H groups in total. The summed E-state index contributed by atoms with van der Waals surface area (Å²) in [6.07, 6.45) is 0.504. The Labute approximate surface area is 132 Å². The van der Waals surface area contributed by atoms with E-state index in [1.165, 1.54) is 11.6 Å². The van der Waals surface area contributed by atoms with Gasteiger partial charge in [-0.2, -0.15) is 0 Å². The van der Waals surface area contributed by atoms with Crippen molar-refractivity contribution in [1.29, 1.82) is 0 Å². The van der Waals surface area contributed by atoms with Crippen molar-refractivity contribution in [2.24, 2.45) is 0 Å². The third kappa shape index (κ3) is 3.40. The molecule has 1 unspecified atom stereocenters. The fourth-order valence-corrected chi connectivity index (χ4v) is 2.99. The average molecular weight is 357 g/mol. The SMILES string of the molecule is CNC(Cc1c(F)cccc1Cl)c1cc(C)ccc1Br. The fraction of sp³-hybridized carbons (Fsp3) is 0.250. The maximum absolute atomic E-state index is 13.9.